The van der Waals surface area contributed by atoms with Crippen LogP contribution >= 0.6 is 34.8 Å². The summed E-state index contributed by atoms with van der Waals surface area (Å²) in [6.07, 6.45) is 0. The molecule has 0 atom stereocenters. The minimum absolute atomic E-state index is 0.523. The first-order valence-corrected chi connectivity index (χ1v) is 8.20. The van der Waals surface area contributed by atoms with Crippen LogP contribution in [-0.2, 0) is 4.79 Å². The van der Waals surface area contributed by atoms with Crippen molar-refractivity contribution in [3.63, 3.8) is 0 Å². The number of aryl methyl sites for hydroxylation is 2. The number of aromatic nitrogens is 3. The highest BCUT2D eigenvalue weighted by Crippen LogP contribution is 2.29. The molecule has 0 saturated carbocycles. The Morgan fingerprint density at radius 3 is 2.21 bits per heavy atom. The molecule has 1 aromatic heterocycles. The molecule has 0 aliphatic heterocycles. The van der Waals surface area contributed by atoms with Gasteiger partial charge in [0.1, 0.15) is 11.0 Å². The number of rotatable bonds is 2. The zero-order valence-electron chi connectivity index (χ0n) is 12.8. The molecule has 1 amide bonds. The van der Waals surface area contributed by atoms with E-state index in [1.54, 1.807) is 10.9 Å². The van der Waals surface area contributed by atoms with Crippen LogP contribution in [0.25, 0.3) is 16.7 Å². The third kappa shape index (κ3) is 3.48. The fourth-order valence-electron chi connectivity index (χ4n) is 2.19. The second-order valence-electron chi connectivity index (χ2n) is 5.43. The fourth-order valence-corrected chi connectivity index (χ4v) is 2.33. The van der Waals surface area contributed by atoms with Gasteiger partial charge in [0.05, 0.1) is 5.69 Å². The van der Waals surface area contributed by atoms with Gasteiger partial charge in [0.2, 0.25) is 0 Å². The summed E-state index contributed by atoms with van der Waals surface area (Å²) in [5.74, 6) is -0.721. The van der Waals surface area contributed by atoms with Crippen LogP contribution in [0.15, 0.2) is 36.4 Å². The van der Waals surface area contributed by atoms with Crippen LogP contribution in [0.2, 0.25) is 0 Å². The molecule has 2 aromatic carbocycles. The van der Waals surface area contributed by atoms with E-state index in [9.17, 15) is 4.79 Å². The molecule has 0 spiro atoms. The molecule has 0 aliphatic rings. The maximum Gasteiger partial charge on any atom is 0.276 e. The third-order valence-electron chi connectivity index (χ3n) is 3.50. The first kappa shape index (κ1) is 17.0. The molecule has 0 aliphatic carbocycles. The Hall–Kier alpha value is -1.82. The van der Waals surface area contributed by atoms with Gasteiger partial charge in [0.25, 0.3) is 9.70 Å². The Kier molecular flexibility index (Phi) is 4.42. The lowest BCUT2D eigenvalue weighted by atomic mass is 10.1. The van der Waals surface area contributed by atoms with Gasteiger partial charge < -0.3 is 5.32 Å². The number of nitrogens with one attached hydrogen (secondary N) is 1. The van der Waals surface area contributed by atoms with Crippen molar-refractivity contribution < 1.29 is 4.79 Å². The third-order valence-corrected chi connectivity index (χ3v) is 4.01. The van der Waals surface area contributed by atoms with Gasteiger partial charge in [0, 0.05) is 5.69 Å². The number of hydrogen-bond acceptors (Lipinski definition) is 3. The number of fused-ring (bicyclic) bond motifs is 1. The summed E-state index contributed by atoms with van der Waals surface area (Å²) in [6.45, 7) is 3.85. The molecule has 8 heteroatoms. The fraction of sp³-hybridized carbons (Fsp3) is 0.188. The standard InChI is InChI=1S/C16H13Cl3N4O/c1-9-3-5-11(6-4-9)23-21-13-7-10(2)12(8-14(13)22-23)20-15(24)16(17,18)19/h3-8H,1-2H3,(H,20,24). The van der Waals surface area contributed by atoms with E-state index < -0.39 is 9.70 Å². The first-order chi connectivity index (χ1) is 11.2. The molecule has 0 bridgehead atoms. The van der Waals surface area contributed by atoms with E-state index in [2.05, 4.69) is 15.5 Å². The molecule has 0 unspecified atom stereocenters. The summed E-state index contributed by atoms with van der Waals surface area (Å²) < 4.78 is -2.03. The number of alkyl halides is 3. The van der Waals surface area contributed by atoms with Crippen molar-refractivity contribution >= 4 is 57.4 Å². The minimum atomic E-state index is -2.03. The van der Waals surface area contributed by atoms with Gasteiger partial charge in [-0.25, -0.2) is 0 Å². The van der Waals surface area contributed by atoms with Crippen molar-refractivity contribution in [2.45, 2.75) is 17.6 Å². The number of hydrogen-bond donors (Lipinski definition) is 1. The Morgan fingerprint density at radius 2 is 1.62 bits per heavy atom. The van der Waals surface area contributed by atoms with E-state index in [0.717, 1.165) is 16.8 Å². The minimum Gasteiger partial charge on any atom is -0.322 e. The molecular weight excluding hydrogens is 371 g/mol. The predicted octanol–water partition coefficient (Wildman–Crippen LogP) is 4.35. The number of amides is 1. The van der Waals surface area contributed by atoms with E-state index in [4.69, 9.17) is 34.8 Å². The maximum atomic E-state index is 11.8. The quantitative estimate of drug-likeness (QED) is 0.669. The van der Waals surface area contributed by atoms with E-state index in [1.165, 1.54) is 0 Å². The molecule has 1 N–H and O–H groups in total. The van der Waals surface area contributed by atoms with Crippen LogP contribution in [0.5, 0.6) is 0 Å². The Morgan fingerprint density at radius 1 is 1.04 bits per heavy atom. The lowest BCUT2D eigenvalue weighted by Gasteiger charge is -2.12. The second-order valence-corrected chi connectivity index (χ2v) is 7.71. The molecular formula is C16H13Cl3N4O. The molecule has 0 fully saturated rings. The summed E-state index contributed by atoms with van der Waals surface area (Å²) in [6, 6.07) is 11.4. The average Bonchev–Trinajstić information content (AvgIpc) is 2.90. The van der Waals surface area contributed by atoms with Gasteiger partial charge in [-0.1, -0.05) is 52.5 Å². The van der Waals surface area contributed by atoms with Crippen molar-refractivity contribution in [2.75, 3.05) is 5.32 Å². The van der Waals surface area contributed by atoms with Crippen molar-refractivity contribution in [3.05, 3.63) is 47.5 Å². The SMILES string of the molecule is Cc1ccc(-n2nc3cc(C)c(NC(=O)C(Cl)(Cl)Cl)cc3n2)cc1. The first-order valence-electron chi connectivity index (χ1n) is 7.07. The van der Waals surface area contributed by atoms with E-state index in [1.807, 2.05) is 44.2 Å². The molecule has 5 nitrogen and oxygen atoms in total. The summed E-state index contributed by atoms with van der Waals surface area (Å²) in [4.78, 5) is 13.4. The van der Waals surface area contributed by atoms with Gasteiger partial charge in [-0.05, 0) is 43.7 Å². The van der Waals surface area contributed by atoms with Gasteiger partial charge in [-0.2, -0.15) is 4.80 Å². The molecule has 3 aromatic rings. The van der Waals surface area contributed by atoms with Crippen molar-refractivity contribution in [3.8, 4) is 5.69 Å². The smallest absolute Gasteiger partial charge is 0.276 e. The molecule has 0 radical (unpaired) electrons. The monoisotopic (exact) mass is 382 g/mol. The van der Waals surface area contributed by atoms with Crippen LogP contribution in [0.4, 0.5) is 5.69 Å². The van der Waals surface area contributed by atoms with Crippen LogP contribution in [0.3, 0.4) is 0 Å². The van der Waals surface area contributed by atoms with Crippen molar-refractivity contribution in [1.29, 1.82) is 0 Å². The highest BCUT2D eigenvalue weighted by atomic mass is 35.6. The maximum absolute atomic E-state index is 11.8. The number of benzene rings is 2. The van der Waals surface area contributed by atoms with Gasteiger partial charge in [-0.3, -0.25) is 4.79 Å². The van der Waals surface area contributed by atoms with Crippen molar-refractivity contribution in [1.82, 2.24) is 15.0 Å². The molecule has 24 heavy (non-hydrogen) atoms. The number of carbonyl (C=O) groups excluding carboxylic acids is 1. The van der Waals surface area contributed by atoms with Crippen LogP contribution in [0.1, 0.15) is 11.1 Å². The summed E-state index contributed by atoms with van der Waals surface area (Å²) in [7, 11) is 0. The number of anilines is 1. The molecule has 124 valence electrons. The van der Waals surface area contributed by atoms with E-state index in [0.29, 0.717) is 16.7 Å². The highest BCUT2D eigenvalue weighted by molar-refractivity contribution is 6.76. The Bertz CT molecular complexity index is 913. The van der Waals surface area contributed by atoms with Gasteiger partial charge in [-0.15, -0.1) is 10.2 Å². The summed E-state index contributed by atoms with van der Waals surface area (Å²) in [5, 5.41) is 11.5. The lowest BCUT2D eigenvalue weighted by Crippen LogP contribution is -2.27. The molecule has 0 saturated heterocycles. The normalized spacial score (nSPS) is 11.7. The number of halogens is 3. The Labute approximate surface area is 153 Å². The zero-order chi connectivity index (χ0) is 17.5. The average molecular weight is 384 g/mol. The number of carbonyl (C=O) groups is 1. The van der Waals surface area contributed by atoms with Crippen LogP contribution in [0, 0.1) is 13.8 Å². The van der Waals surface area contributed by atoms with Gasteiger partial charge >= 0.3 is 0 Å². The van der Waals surface area contributed by atoms with Gasteiger partial charge in [0.15, 0.2) is 0 Å². The van der Waals surface area contributed by atoms with Crippen LogP contribution in [-0.4, -0.2) is 24.7 Å². The van der Waals surface area contributed by atoms with E-state index >= 15 is 0 Å². The molecule has 1 heterocycles. The highest BCUT2D eigenvalue weighted by Gasteiger charge is 2.31. The lowest BCUT2D eigenvalue weighted by molar-refractivity contribution is -0.115. The topological polar surface area (TPSA) is 59.8 Å². The summed E-state index contributed by atoms with van der Waals surface area (Å²) in [5.41, 5.74) is 4.65. The second kappa shape index (κ2) is 6.24. The van der Waals surface area contributed by atoms with Crippen molar-refractivity contribution in [2.24, 2.45) is 0 Å². The van der Waals surface area contributed by atoms with Crippen LogP contribution < -0.4 is 5.32 Å². The predicted molar refractivity (Wildman–Crippen MR) is 97.3 cm³/mol. The Balaban J connectivity index is 1.99. The number of nitrogens with zero attached hydrogens (tertiary/aromatic N) is 3. The summed E-state index contributed by atoms with van der Waals surface area (Å²) >= 11 is 16.8. The van der Waals surface area contributed by atoms with E-state index in [-0.39, 0.29) is 0 Å². The molecule has 3 rings (SSSR count). The zero-order valence-corrected chi connectivity index (χ0v) is 15.1. The largest absolute Gasteiger partial charge is 0.322 e.